The van der Waals surface area contributed by atoms with Crippen LogP contribution in [-0.2, 0) is 0 Å². The second kappa shape index (κ2) is 5.78. The average molecular weight is 283 g/mol. The predicted octanol–water partition coefficient (Wildman–Crippen LogP) is 3.78. The van der Waals surface area contributed by atoms with E-state index in [9.17, 15) is 0 Å². The van der Waals surface area contributed by atoms with Gasteiger partial charge in [-0.25, -0.2) is 4.98 Å². The SMILES string of the molecule is CCCCN1CCC[C@H]1c1cccnc1Br. The third-order valence-corrected chi connectivity index (χ3v) is 3.97. The second-order valence-corrected chi connectivity index (χ2v) is 5.18. The molecule has 3 heteroatoms. The zero-order valence-corrected chi connectivity index (χ0v) is 11.4. The van der Waals surface area contributed by atoms with E-state index in [0.717, 1.165) is 4.60 Å². The Morgan fingerprint density at radius 1 is 1.56 bits per heavy atom. The standard InChI is InChI=1S/C13H19BrN2/c1-2-3-9-16-10-5-7-12(16)11-6-4-8-15-13(11)14/h4,6,8,12H,2-3,5,7,9-10H2,1H3/t12-/m0/s1. The van der Waals surface area contributed by atoms with Crippen molar-refractivity contribution < 1.29 is 0 Å². The van der Waals surface area contributed by atoms with E-state index in [0.29, 0.717) is 6.04 Å². The lowest BCUT2D eigenvalue weighted by atomic mass is 10.1. The molecule has 0 spiro atoms. The molecule has 1 saturated heterocycles. The largest absolute Gasteiger partial charge is 0.296 e. The topological polar surface area (TPSA) is 16.1 Å². The fourth-order valence-electron chi connectivity index (χ4n) is 2.45. The Morgan fingerprint density at radius 3 is 3.19 bits per heavy atom. The molecule has 1 fully saturated rings. The molecule has 1 aliphatic heterocycles. The Morgan fingerprint density at radius 2 is 2.44 bits per heavy atom. The highest BCUT2D eigenvalue weighted by atomic mass is 79.9. The number of hydrogen-bond acceptors (Lipinski definition) is 2. The van der Waals surface area contributed by atoms with Gasteiger partial charge in [0, 0.05) is 17.8 Å². The van der Waals surface area contributed by atoms with E-state index < -0.39 is 0 Å². The lowest BCUT2D eigenvalue weighted by Crippen LogP contribution is -2.24. The van der Waals surface area contributed by atoms with Crippen LogP contribution >= 0.6 is 15.9 Å². The molecule has 1 aromatic rings. The third-order valence-electron chi connectivity index (χ3n) is 3.31. The molecular formula is C13H19BrN2. The fraction of sp³-hybridized carbons (Fsp3) is 0.615. The van der Waals surface area contributed by atoms with Gasteiger partial charge in [0.25, 0.3) is 0 Å². The molecule has 1 atom stereocenters. The number of unbranched alkanes of at least 4 members (excludes halogenated alkanes) is 1. The Balaban J connectivity index is 2.10. The van der Waals surface area contributed by atoms with E-state index in [1.165, 1.54) is 44.3 Å². The normalized spacial score (nSPS) is 21.5. The number of nitrogens with zero attached hydrogens (tertiary/aromatic N) is 2. The van der Waals surface area contributed by atoms with Crippen LogP contribution in [0.1, 0.15) is 44.2 Å². The molecule has 0 saturated carbocycles. The Kier molecular flexibility index (Phi) is 4.36. The fourth-order valence-corrected chi connectivity index (χ4v) is 2.97. The first kappa shape index (κ1) is 12.1. The summed E-state index contributed by atoms with van der Waals surface area (Å²) in [6.45, 7) is 4.72. The maximum Gasteiger partial charge on any atom is 0.110 e. The van der Waals surface area contributed by atoms with Crippen molar-refractivity contribution in [2.75, 3.05) is 13.1 Å². The molecule has 0 radical (unpaired) electrons. The van der Waals surface area contributed by atoms with Crippen LogP contribution in [-0.4, -0.2) is 23.0 Å². The first-order valence-electron chi connectivity index (χ1n) is 6.17. The molecule has 1 aromatic heterocycles. The second-order valence-electron chi connectivity index (χ2n) is 4.43. The highest BCUT2D eigenvalue weighted by Crippen LogP contribution is 2.34. The number of hydrogen-bond donors (Lipinski definition) is 0. The summed E-state index contributed by atoms with van der Waals surface area (Å²) in [5.41, 5.74) is 1.36. The van der Waals surface area contributed by atoms with E-state index >= 15 is 0 Å². The molecular weight excluding hydrogens is 264 g/mol. The zero-order chi connectivity index (χ0) is 11.4. The summed E-state index contributed by atoms with van der Waals surface area (Å²) in [6.07, 6.45) is 7.01. The van der Waals surface area contributed by atoms with E-state index in [-0.39, 0.29) is 0 Å². The van der Waals surface area contributed by atoms with Gasteiger partial charge in [-0.2, -0.15) is 0 Å². The molecule has 1 aliphatic rings. The molecule has 0 N–H and O–H groups in total. The molecule has 0 aromatic carbocycles. The van der Waals surface area contributed by atoms with Crippen molar-refractivity contribution in [3.63, 3.8) is 0 Å². The first-order chi connectivity index (χ1) is 7.83. The van der Waals surface area contributed by atoms with Crippen LogP contribution in [0.25, 0.3) is 0 Å². The lowest BCUT2D eigenvalue weighted by Gasteiger charge is -2.25. The molecule has 2 heterocycles. The van der Waals surface area contributed by atoms with Crippen LogP contribution < -0.4 is 0 Å². The summed E-state index contributed by atoms with van der Waals surface area (Å²) >= 11 is 3.56. The van der Waals surface area contributed by atoms with Crippen LogP contribution in [0.5, 0.6) is 0 Å². The minimum absolute atomic E-state index is 0.578. The van der Waals surface area contributed by atoms with E-state index in [1.807, 2.05) is 12.3 Å². The number of aromatic nitrogens is 1. The van der Waals surface area contributed by atoms with E-state index in [2.05, 4.69) is 38.8 Å². The van der Waals surface area contributed by atoms with Gasteiger partial charge < -0.3 is 0 Å². The van der Waals surface area contributed by atoms with Gasteiger partial charge >= 0.3 is 0 Å². The molecule has 0 amide bonds. The van der Waals surface area contributed by atoms with Crippen molar-refractivity contribution in [1.29, 1.82) is 0 Å². The molecule has 0 aliphatic carbocycles. The predicted molar refractivity (Wildman–Crippen MR) is 70.4 cm³/mol. The van der Waals surface area contributed by atoms with E-state index in [1.54, 1.807) is 0 Å². The van der Waals surface area contributed by atoms with Gasteiger partial charge in [0.05, 0.1) is 0 Å². The highest BCUT2D eigenvalue weighted by Gasteiger charge is 2.26. The van der Waals surface area contributed by atoms with Crippen LogP contribution in [0.15, 0.2) is 22.9 Å². The highest BCUT2D eigenvalue weighted by molar-refractivity contribution is 9.10. The maximum atomic E-state index is 4.33. The van der Waals surface area contributed by atoms with Crippen LogP contribution in [0.2, 0.25) is 0 Å². The summed E-state index contributed by atoms with van der Waals surface area (Å²) in [7, 11) is 0. The van der Waals surface area contributed by atoms with Crippen molar-refractivity contribution in [2.24, 2.45) is 0 Å². The van der Waals surface area contributed by atoms with Crippen LogP contribution in [0.4, 0.5) is 0 Å². The number of halogens is 1. The third kappa shape index (κ3) is 2.64. The molecule has 16 heavy (non-hydrogen) atoms. The quantitative estimate of drug-likeness (QED) is 0.782. The minimum Gasteiger partial charge on any atom is -0.296 e. The molecule has 0 bridgehead atoms. The van der Waals surface area contributed by atoms with Gasteiger partial charge in [-0.1, -0.05) is 19.4 Å². The van der Waals surface area contributed by atoms with Gasteiger partial charge in [0.1, 0.15) is 4.60 Å². The van der Waals surface area contributed by atoms with Crippen LogP contribution in [0.3, 0.4) is 0 Å². The minimum atomic E-state index is 0.578. The first-order valence-corrected chi connectivity index (χ1v) is 6.96. The number of rotatable bonds is 4. The summed E-state index contributed by atoms with van der Waals surface area (Å²) in [5, 5.41) is 0. The van der Waals surface area contributed by atoms with Crippen molar-refractivity contribution in [3.05, 3.63) is 28.5 Å². The van der Waals surface area contributed by atoms with Crippen LogP contribution in [0, 0.1) is 0 Å². The summed E-state index contributed by atoms with van der Waals surface area (Å²) in [5.74, 6) is 0. The van der Waals surface area contributed by atoms with Crippen molar-refractivity contribution >= 4 is 15.9 Å². The molecule has 0 unspecified atom stereocenters. The lowest BCUT2D eigenvalue weighted by molar-refractivity contribution is 0.252. The van der Waals surface area contributed by atoms with Gasteiger partial charge in [0.15, 0.2) is 0 Å². The Bertz CT molecular complexity index is 340. The monoisotopic (exact) mass is 282 g/mol. The maximum absolute atomic E-state index is 4.33. The van der Waals surface area contributed by atoms with Gasteiger partial charge in [0.2, 0.25) is 0 Å². The molecule has 2 rings (SSSR count). The number of pyridine rings is 1. The van der Waals surface area contributed by atoms with Gasteiger partial charge in [-0.15, -0.1) is 0 Å². The average Bonchev–Trinajstić information content (AvgIpc) is 2.75. The summed E-state index contributed by atoms with van der Waals surface area (Å²) < 4.78 is 1.02. The smallest absolute Gasteiger partial charge is 0.110 e. The van der Waals surface area contributed by atoms with Crippen molar-refractivity contribution in [3.8, 4) is 0 Å². The molecule has 2 nitrogen and oxygen atoms in total. The van der Waals surface area contributed by atoms with Crippen molar-refractivity contribution in [1.82, 2.24) is 9.88 Å². The van der Waals surface area contributed by atoms with E-state index in [4.69, 9.17) is 0 Å². The Hall–Kier alpha value is -0.410. The van der Waals surface area contributed by atoms with Gasteiger partial charge in [-0.05, 0) is 54.3 Å². The molecule has 88 valence electrons. The van der Waals surface area contributed by atoms with Crippen molar-refractivity contribution in [2.45, 2.75) is 38.6 Å². The zero-order valence-electron chi connectivity index (χ0n) is 9.82. The summed E-state index contributed by atoms with van der Waals surface area (Å²) in [6, 6.07) is 4.82. The van der Waals surface area contributed by atoms with Gasteiger partial charge in [-0.3, -0.25) is 4.90 Å². The number of likely N-dealkylation sites (tertiary alicyclic amines) is 1. The Labute approximate surface area is 106 Å². The summed E-state index contributed by atoms with van der Waals surface area (Å²) in [4.78, 5) is 6.93.